The smallest absolute Gasteiger partial charge is 0.279 e. The molecular formula is C23H28ClN4O2+. The normalized spacial score (nSPS) is 12.0. The van der Waals surface area contributed by atoms with E-state index in [0.29, 0.717) is 23.8 Å². The molecule has 30 heavy (non-hydrogen) atoms. The van der Waals surface area contributed by atoms with Crippen LogP contribution < -0.4 is 15.5 Å². The second-order valence-electron chi connectivity index (χ2n) is 7.42. The Bertz CT molecular complexity index is 1030. The summed E-state index contributed by atoms with van der Waals surface area (Å²) in [6.07, 6.45) is 2.74. The van der Waals surface area contributed by atoms with Crippen molar-refractivity contribution < 1.29 is 14.5 Å². The van der Waals surface area contributed by atoms with Gasteiger partial charge in [-0.25, -0.2) is 0 Å². The van der Waals surface area contributed by atoms with Crippen LogP contribution in [0, 0.1) is 6.92 Å². The molecule has 0 saturated heterocycles. The predicted octanol–water partition coefficient (Wildman–Crippen LogP) is 2.33. The topological polar surface area (TPSA) is 78.4 Å². The lowest BCUT2D eigenvalue weighted by Gasteiger charge is -2.17. The van der Waals surface area contributed by atoms with Crippen molar-refractivity contribution in [3.63, 3.8) is 0 Å². The number of likely N-dealkylation sites (N-methyl/N-ethyl adjacent to an activating group) is 1. The van der Waals surface area contributed by atoms with Crippen molar-refractivity contribution in [2.24, 2.45) is 0 Å². The fourth-order valence-corrected chi connectivity index (χ4v) is 3.60. The zero-order chi connectivity index (χ0) is 21.5. The maximum Gasteiger partial charge on any atom is 0.279 e. The van der Waals surface area contributed by atoms with Gasteiger partial charge in [0.05, 0.1) is 6.54 Å². The zero-order valence-corrected chi connectivity index (χ0v) is 18.1. The molecule has 158 valence electrons. The zero-order valence-electron chi connectivity index (χ0n) is 17.3. The van der Waals surface area contributed by atoms with Crippen LogP contribution in [0.5, 0.6) is 0 Å². The fourth-order valence-electron chi connectivity index (χ4n) is 3.43. The van der Waals surface area contributed by atoms with Gasteiger partial charge >= 0.3 is 0 Å². The highest BCUT2D eigenvalue weighted by Gasteiger charge is 2.17. The van der Waals surface area contributed by atoms with Gasteiger partial charge in [0.1, 0.15) is 0 Å². The number of aryl methyl sites for hydroxylation is 1. The first-order valence-electron chi connectivity index (χ1n) is 10.2. The van der Waals surface area contributed by atoms with E-state index < -0.39 is 0 Å². The first kappa shape index (κ1) is 21.9. The average molecular weight is 428 g/mol. The van der Waals surface area contributed by atoms with Crippen molar-refractivity contribution >= 4 is 40.0 Å². The first-order valence-corrected chi connectivity index (χ1v) is 10.5. The molecule has 3 rings (SSSR count). The van der Waals surface area contributed by atoms with Crippen LogP contribution in [0.1, 0.15) is 18.1 Å². The number of benzene rings is 2. The van der Waals surface area contributed by atoms with Gasteiger partial charge in [-0.2, -0.15) is 0 Å². The van der Waals surface area contributed by atoms with Gasteiger partial charge in [-0.15, -0.1) is 0 Å². The maximum atomic E-state index is 12.4. The van der Waals surface area contributed by atoms with Crippen LogP contribution in [0.4, 0.5) is 5.69 Å². The summed E-state index contributed by atoms with van der Waals surface area (Å²) in [7, 11) is 0. The number of carbonyl (C=O) groups is 2. The molecule has 0 radical (unpaired) electrons. The maximum absolute atomic E-state index is 12.4. The van der Waals surface area contributed by atoms with Gasteiger partial charge in [-0.3, -0.25) is 9.59 Å². The van der Waals surface area contributed by atoms with E-state index in [1.165, 1.54) is 10.9 Å². The Morgan fingerprint density at radius 1 is 1.10 bits per heavy atom. The minimum atomic E-state index is -0.135. The summed E-state index contributed by atoms with van der Waals surface area (Å²) in [4.78, 5) is 28.9. The third-order valence-electron chi connectivity index (χ3n) is 5.19. The van der Waals surface area contributed by atoms with Gasteiger partial charge in [0, 0.05) is 34.4 Å². The number of para-hydroxylation sites is 1. The van der Waals surface area contributed by atoms with Crippen molar-refractivity contribution in [1.29, 1.82) is 0 Å². The number of quaternary nitrogens is 1. The first-order chi connectivity index (χ1) is 14.5. The second kappa shape index (κ2) is 10.3. The molecular weight excluding hydrogens is 400 g/mol. The lowest BCUT2D eigenvalue weighted by atomic mass is 10.1. The number of aromatic nitrogens is 1. The van der Waals surface area contributed by atoms with E-state index in [1.807, 2.05) is 44.3 Å². The molecule has 0 aliphatic carbocycles. The van der Waals surface area contributed by atoms with E-state index in [2.05, 4.69) is 21.7 Å². The highest BCUT2D eigenvalue weighted by Crippen LogP contribution is 2.20. The molecule has 0 aliphatic rings. The Morgan fingerprint density at radius 3 is 2.67 bits per heavy atom. The van der Waals surface area contributed by atoms with E-state index >= 15 is 0 Å². The molecule has 6 nitrogen and oxygen atoms in total. The highest BCUT2D eigenvalue weighted by atomic mass is 35.5. The van der Waals surface area contributed by atoms with Crippen LogP contribution in [0.2, 0.25) is 5.02 Å². The molecule has 0 fully saturated rings. The Balaban J connectivity index is 1.45. The van der Waals surface area contributed by atoms with Crippen molar-refractivity contribution in [3.8, 4) is 0 Å². The number of fused-ring (bicyclic) bond motifs is 1. The number of hydrogen-bond donors (Lipinski definition) is 4. The summed E-state index contributed by atoms with van der Waals surface area (Å²) in [5, 5.41) is 7.61. The largest absolute Gasteiger partial charge is 0.361 e. The van der Waals surface area contributed by atoms with E-state index in [-0.39, 0.29) is 24.9 Å². The number of halogens is 1. The standard InChI is InChI=1S/C23H27ClN4O2/c1-3-28(15-23(30)27-21-12-18(24)9-8-16(21)2)14-22(29)25-11-10-17-13-26-20-7-5-4-6-19(17)20/h4-9,12-13,26H,3,10-11,14-15H2,1-2H3,(H,25,29)(H,27,30)/p+1. The van der Waals surface area contributed by atoms with Crippen molar-refractivity contribution in [2.75, 3.05) is 31.5 Å². The van der Waals surface area contributed by atoms with E-state index in [9.17, 15) is 9.59 Å². The summed E-state index contributed by atoms with van der Waals surface area (Å²) in [5.41, 5.74) is 3.93. The molecule has 2 aromatic carbocycles. The molecule has 1 aromatic heterocycles. The van der Waals surface area contributed by atoms with Crippen molar-refractivity contribution in [1.82, 2.24) is 10.3 Å². The van der Waals surface area contributed by atoms with Crippen LogP contribution in [-0.2, 0) is 16.0 Å². The SMILES string of the molecule is CC[NH+](CC(=O)NCCc1c[nH]c2ccccc12)CC(=O)Nc1cc(Cl)ccc1C. The molecule has 1 atom stereocenters. The molecule has 0 saturated carbocycles. The number of anilines is 1. The molecule has 2 amide bonds. The third-order valence-corrected chi connectivity index (χ3v) is 5.42. The molecule has 1 unspecified atom stereocenters. The summed E-state index contributed by atoms with van der Waals surface area (Å²) in [6, 6.07) is 13.5. The minimum absolute atomic E-state index is 0.0570. The quantitative estimate of drug-likeness (QED) is 0.423. The molecule has 1 heterocycles. The van der Waals surface area contributed by atoms with Crippen LogP contribution in [-0.4, -0.2) is 43.0 Å². The number of hydrogen-bond acceptors (Lipinski definition) is 2. The predicted molar refractivity (Wildman–Crippen MR) is 121 cm³/mol. The Kier molecular flexibility index (Phi) is 7.49. The number of nitrogens with one attached hydrogen (secondary N) is 4. The number of carbonyl (C=O) groups excluding carboxylic acids is 2. The molecule has 0 spiro atoms. The summed E-state index contributed by atoms with van der Waals surface area (Å²) in [5.74, 6) is -0.192. The molecule has 7 heteroatoms. The van der Waals surface area contributed by atoms with Crippen LogP contribution in [0.15, 0.2) is 48.7 Å². The van der Waals surface area contributed by atoms with Gasteiger partial charge in [0.25, 0.3) is 11.8 Å². The van der Waals surface area contributed by atoms with Crippen LogP contribution >= 0.6 is 11.6 Å². The van der Waals surface area contributed by atoms with Gasteiger partial charge in [0.15, 0.2) is 13.1 Å². The number of aromatic amines is 1. The van der Waals surface area contributed by atoms with E-state index in [0.717, 1.165) is 22.4 Å². The lowest BCUT2D eigenvalue weighted by molar-refractivity contribution is -0.881. The molecule has 0 bridgehead atoms. The molecule has 3 aromatic rings. The lowest BCUT2D eigenvalue weighted by Crippen LogP contribution is -3.14. The summed E-state index contributed by atoms with van der Waals surface area (Å²) >= 11 is 6.01. The van der Waals surface area contributed by atoms with Gasteiger partial charge in [-0.1, -0.05) is 35.9 Å². The fraction of sp³-hybridized carbons (Fsp3) is 0.304. The Labute approximate surface area is 181 Å². The molecule has 0 aliphatic heterocycles. The molecule has 4 N–H and O–H groups in total. The van der Waals surface area contributed by atoms with E-state index in [1.54, 1.807) is 12.1 Å². The minimum Gasteiger partial charge on any atom is -0.361 e. The highest BCUT2D eigenvalue weighted by molar-refractivity contribution is 6.31. The summed E-state index contributed by atoms with van der Waals surface area (Å²) in [6.45, 7) is 5.60. The van der Waals surface area contributed by atoms with Gasteiger partial charge in [-0.05, 0) is 49.6 Å². The van der Waals surface area contributed by atoms with Crippen molar-refractivity contribution in [2.45, 2.75) is 20.3 Å². The van der Waals surface area contributed by atoms with Crippen LogP contribution in [0.3, 0.4) is 0 Å². The number of H-pyrrole nitrogens is 1. The summed E-state index contributed by atoms with van der Waals surface area (Å²) < 4.78 is 0. The Hall–Kier alpha value is -2.83. The monoisotopic (exact) mass is 427 g/mol. The van der Waals surface area contributed by atoms with Gasteiger partial charge < -0.3 is 20.5 Å². The number of amides is 2. The van der Waals surface area contributed by atoms with Gasteiger partial charge in [0.2, 0.25) is 0 Å². The average Bonchev–Trinajstić information content (AvgIpc) is 3.13. The Morgan fingerprint density at radius 2 is 1.87 bits per heavy atom. The van der Waals surface area contributed by atoms with Crippen LogP contribution in [0.25, 0.3) is 10.9 Å². The third kappa shape index (κ3) is 5.84. The van der Waals surface area contributed by atoms with Crippen molar-refractivity contribution in [3.05, 3.63) is 64.8 Å². The second-order valence-corrected chi connectivity index (χ2v) is 7.86. The van der Waals surface area contributed by atoms with E-state index in [4.69, 9.17) is 11.6 Å². The number of rotatable bonds is 9.